The third kappa shape index (κ3) is 5.26. The molecule has 0 saturated carbocycles. The Morgan fingerprint density at radius 2 is 2.00 bits per heavy atom. The fraction of sp³-hybridized carbons (Fsp3) is 0.500. The number of aryl methyl sites for hydroxylation is 1. The van der Waals surface area contributed by atoms with Crippen LogP contribution in [0.5, 0.6) is 0 Å². The third-order valence-electron chi connectivity index (χ3n) is 3.50. The maximum Gasteiger partial charge on any atom is 0.296 e. The summed E-state index contributed by atoms with van der Waals surface area (Å²) < 4.78 is 3.47. The molecule has 0 saturated heterocycles. The zero-order valence-corrected chi connectivity index (χ0v) is 15.6. The molecule has 126 valence electrons. The Kier molecular flexibility index (Phi) is 7.46. The molecule has 0 spiro atoms. The van der Waals surface area contributed by atoms with Crippen LogP contribution in [0.25, 0.3) is 0 Å². The van der Waals surface area contributed by atoms with Gasteiger partial charge in [0.25, 0.3) is 10.6 Å². The Morgan fingerprint density at radius 1 is 1.26 bits per heavy atom. The third-order valence-corrected chi connectivity index (χ3v) is 6.41. The topological polar surface area (TPSA) is 46.1 Å². The van der Waals surface area contributed by atoms with Crippen LogP contribution in [0, 0.1) is 0 Å². The Balaban J connectivity index is 1.96. The van der Waals surface area contributed by atoms with Gasteiger partial charge in [0.1, 0.15) is 9.23 Å². The van der Waals surface area contributed by atoms with Crippen molar-refractivity contribution in [1.82, 2.24) is 3.96 Å². The number of halogens is 1. The number of pyridine rings is 1. The van der Waals surface area contributed by atoms with Crippen molar-refractivity contribution in [1.29, 1.82) is 0 Å². The second-order valence-corrected chi connectivity index (χ2v) is 8.05. The second kappa shape index (κ2) is 9.35. The van der Waals surface area contributed by atoms with Gasteiger partial charge in [0, 0.05) is 23.4 Å². The molecular formula is C16H22ClN2O2S2+. The van der Waals surface area contributed by atoms with E-state index in [1.54, 1.807) is 22.3 Å². The van der Waals surface area contributed by atoms with Gasteiger partial charge < -0.3 is 0 Å². The Bertz CT molecular complexity index is 685. The molecule has 0 aromatic carbocycles. The lowest BCUT2D eigenvalue weighted by atomic mass is 10.1. The van der Waals surface area contributed by atoms with Gasteiger partial charge in [0.15, 0.2) is 0 Å². The summed E-state index contributed by atoms with van der Waals surface area (Å²) in [7, 11) is 0. The van der Waals surface area contributed by atoms with Gasteiger partial charge in [0.05, 0.1) is 0 Å². The van der Waals surface area contributed by atoms with Crippen molar-refractivity contribution in [3.63, 3.8) is 0 Å². The van der Waals surface area contributed by atoms with Crippen LogP contribution in [0.4, 0.5) is 0 Å². The van der Waals surface area contributed by atoms with Gasteiger partial charge in [0.2, 0.25) is 6.20 Å². The Labute approximate surface area is 149 Å². The number of unbranched alkanes of at least 4 members (excludes halogenated alkanes) is 5. The van der Waals surface area contributed by atoms with E-state index in [1.807, 2.05) is 6.07 Å². The summed E-state index contributed by atoms with van der Waals surface area (Å²) in [5, 5.41) is 10.6. The quantitative estimate of drug-likeness (QED) is 0.397. The molecule has 1 N–H and O–H groups in total. The molecule has 0 unspecified atom stereocenters. The van der Waals surface area contributed by atoms with E-state index in [1.165, 1.54) is 49.0 Å². The largest absolute Gasteiger partial charge is 0.296 e. The molecule has 0 radical (unpaired) electrons. The number of hydrogen-bond donors (Lipinski definition) is 1. The van der Waals surface area contributed by atoms with Crippen LogP contribution in [0.15, 0.2) is 38.4 Å². The van der Waals surface area contributed by atoms with Crippen LogP contribution in [0.2, 0.25) is 5.02 Å². The first-order valence-electron chi connectivity index (χ1n) is 7.91. The van der Waals surface area contributed by atoms with E-state index in [9.17, 15) is 10.0 Å². The SMILES string of the molecule is CCCCCCCCn1sc(Sc2cccc[n+]2O)c(Cl)c1=O. The molecule has 0 atom stereocenters. The lowest BCUT2D eigenvalue weighted by Crippen LogP contribution is -2.31. The Hall–Kier alpha value is -0.980. The molecule has 2 rings (SSSR count). The first-order valence-corrected chi connectivity index (χ1v) is 9.87. The minimum atomic E-state index is -0.131. The molecule has 0 amide bonds. The van der Waals surface area contributed by atoms with Gasteiger partial charge in [-0.25, -0.2) is 0 Å². The lowest BCUT2D eigenvalue weighted by Gasteiger charge is -2.01. The van der Waals surface area contributed by atoms with Gasteiger partial charge in [-0.05, 0) is 35.8 Å². The standard InChI is InChI=1S/C16H22ClN2O2S2/c1-2-3-4-5-6-8-12-19-15(20)14(17)16(23-19)22-13-10-7-9-11-18(13)21/h7,9-11,21H,2-6,8,12H2,1H3/q+1. The first-order chi connectivity index (χ1) is 11.1. The highest BCUT2D eigenvalue weighted by Gasteiger charge is 2.19. The highest BCUT2D eigenvalue weighted by Crippen LogP contribution is 2.33. The molecule has 7 heteroatoms. The predicted molar refractivity (Wildman–Crippen MR) is 94.9 cm³/mol. The van der Waals surface area contributed by atoms with E-state index in [4.69, 9.17) is 11.6 Å². The van der Waals surface area contributed by atoms with Gasteiger partial charge in [-0.1, -0.05) is 50.6 Å². The van der Waals surface area contributed by atoms with E-state index in [0.29, 0.717) is 11.6 Å². The molecule has 0 bridgehead atoms. The molecule has 0 aliphatic heterocycles. The summed E-state index contributed by atoms with van der Waals surface area (Å²) in [4.78, 5) is 12.2. The minimum Gasteiger partial charge on any atom is -0.284 e. The van der Waals surface area contributed by atoms with Crippen molar-refractivity contribution in [2.75, 3.05) is 0 Å². The van der Waals surface area contributed by atoms with E-state index < -0.39 is 0 Å². The zero-order chi connectivity index (χ0) is 16.7. The van der Waals surface area contributed by atoms with Crippen molar-refractivity contribution in [2.24, 2.45) is 0 Å². The van der Waals surface area contributed by atoms with E-state index in [-0.39, 0.29) is 10.6 Å². The first kappa shape index (κ1) is 18.4. The van der Waals surface area contributed by atoms with Crippen LogP contribution in [-0.2, 0) is 6.54 Å². The molecule has 0 aliphatic carbocycles. The molecular weight excluding hydrogens is 352 g/mol. The number of nitrogens with zero attached hydrogens (tertiary/aromatic N) is 2. The molecule has 4 nitrogen and oxygen atoms in total. The van der Waals surface area contributed by atoms with Crippen molar-refractivity contribution >= 4 is 34.9 Å². The molecule has 2 aromatic heterocycles. The van der Waals surface area contributed by atoms with Crippen LogP contribution in [0.3, 0.4) is 0 Å². The van der Waals surface area contributed by atoms with Crippen molar-refractivity contribution in [3.05, 3.63) is 39.8 Å². The summed E-state index contributed by atoms with van der Waals surface area (Å²) in [6.07, 6.45) is 8.69. The fourth-order valence-corrected chi connectivity index (χ4v) is 4.70. The monoisotopic (exact) mass is 373 g/mol. The van der Waals surface area contributed by atoms with Crippen LogP contribution in [-0.4, -0.2) is 9.16 Å². The maximum absolute atomic E-state index is 12.2. The van der Waals surface area contributed by atoms with Crippen molar-refractivity contribution < 1.29 is 9.94 Å². The summed E-state index contributed by atoms with van der Waals surface area (Å²) in [6, 6.07) is 5.35. The molecule has 0 fully saturated rings. The normalized spacial score (nSPS) is 11.0. The molecule has 2 heterocycles. The van der Waals surface area contributed by atoms with Gasteiger partial charge in [-0.15, -0.1) is 0 Å². The smallest absolute Gasteiger partial charge is 0.284 e. The van der Waals surface area contributed by atoms with Gasteiger partial charge in [-0.2, -0.15) is 0 Å². The number of aromatic nitrogens is 2. The average Bonchev–Trinajstić information content (AvgIpc) is 2.81. The van der Waals surface area contributed by atoms with E-state index in [2.05, 4.69) is 6.92 Å². The van der Waals surface area contributed by atoms with Crippen LogP contribution in [0.1, 0.15) is 45.4 Å². The second-order valence-electron chi connectivity index (χ2n) is 5.35. The summed E-state index contributed by atoms with van der Waals surface area (Å²) in [5.41, 5.74) is -0.131. The number of hydrogen-bond acceptors (Lipinski definition) is 4. The average molecular weight is 374 g/mol. The Morgan fingerprint density at radius 3 is 2.74 bits per heavy atom. The predicted octanol–water partition coefficient (Wildman–Crippen LogP) is 4.60. The van der Waals surface area contributed by atoms with Crippen LogP contribution < -0.4 is 10.3 Å². The molecule has 2 aromatic rings. The zero-order valence-electron chi connectivity index (χ0n) is 13.2. The van der Waals surface area contributed by atoms with Crippen molar-refractivity contribution in [3.8, 4) is 0 Å². The van der Waals surface area contributed by atoms with E-state index >= 15 is 0 Å². The number of rotatable bonds is 9. The van der Waals surface area contributed by atoms with Crippen LogP contribution >= 0.6 is 34.9 Å². The van der Waals surface area contributed by atoms with Gasteiger partial charge >= 0.3 is 0 Å². The summed E-state index contributed by atoms with van der Waals surface area (Å²) in [6.45, 7) is 2.92. The maximum atomic E-state index is 12.2. The highest BCUT2D eigenvalue weighted by molar-refractivity contribution is 8.01. The minimum absolute atomic E-state index is 0.131. The van der Waals surface area contributed by atoms with Gasteiger partial charge in [-0.3, -0.25) is 14.0 Å². The summed E-state index contributed by atoms with van der Waals surface area (Å²) >= 11 is 8.84. The van der Waals surface area contributed by atoms with Crippen molar-refractivity contribution in [2.45, 2.75) is 61.2 Å². The molecule has 0 aliphatic rings. The highest BCUT2D eigenvalue weighted by atomic mass is 35.5. The molecule has 23 heavy (non-hydrogen) atoms. The lowest BCUT2D eigenvalue weighted by molar-refractivity contribution is -0.932. The van der Waals surface area contributed by atoms with E-state index in [0.717, 1.165) is 21.8 Å². The summed E-state index contributed by atoms with van der Waals surface area (Å²) in [5.74, 6) is 0. The fourth-order valence-electron chi connectivity index (χ4n) is 2.22.